The first-order valence-corrected chi connectivity index (χ1v) is 7.75. The third-order valence-electron chi connectivity index (χ3n) is 4.24. The number of pyridine rings is 1. The predicted octanol–water partition coefficient (Wildman–Crippen LogP) is 3.27. The van der Waals surface area contributed by atoms with Gasteiger partial charge in [-0.15, -0.1) is 0 Å². The molecule has 0 saturated heterocycles. The van der Waals surface area contributed by atoms with Crippen LogP contribution in [0.1, 0.15) is 47.3 Å². The van der Waals surface area contributed by atoms with Crippen molar-refractivity contribution in [1.82, 2.24) is 20.1 Å². The Bertz CT molecular complexity index is 731. The van der Waals surface area contributed by atoms with Gasteiger partial charge < -0.3 is 5.32 Å². The van der Waals surface area contributed by atoms with Gasteiger partial charge in [-0.05, 0) is 31.9 Å². The first-order chi connectivity index (χ1) is 11.4. The average molecular weight is 338 g/mol. The van der Waals surface area contributed by atoms with Crippen LogP contribution in [0.15, 0.2) is 24.5 Å². The van der Waals surface area contributed by atoms with Gasteiger partial charge in [-0.3, -0.25) is 4.79 Å². The average Bonchev–Trinajstić information content (AvgIpc) is 3.16. The van der Waals surface area contributed by atoms with Gasteiger partial charge in [0.05, 0.1) is 23.0 Å². The second-order valence-corrected chi connectivity index (χ2v) is 5.91. The van der Waals surface area contributed by atoms with E-state index in [-0.39, 0.29) is 17.8 Å². The van der Waals surface area contributed by atoms with Crippen molar-refractivity contribution in [2.75, 3.05) is 0 Å². The van der Waals surface area contributed by atoms with E-state index in [4.69, 9.17) is 0 Å². The maximum atomic E-state index is 12.6. The molecule has 0 atom stereocenters. The summed E-state index contributed by atoms with van der Waals surface area (Å²) in [5, 5.41) is 7.05. The smallest absolute Gasteiger partial charge is 0.349 e. The molecule has 8 heteroatoms. The van der Waals surface area contributed by atoms with Gasteiger partial charge in [0, 0.05) is 12.2 Å². The Morgan fingerprint density at radius 1 is 1.25 bits per heavy atom. The highest BCUT2D eigenvalue weighted by molar-refractivity contribution is 5.95. The van der Waals surface area contributed by atoms with Gasteiger partial charge in [0.2, 0.25) is 0 Å². The summed E-state index contributed by atoms with van der Waals surface area (Å²) >= 11 is 0. The number of carbonyl (C=O) groups excluding carboxylic acids is 1. The van der Waals surface area contributed by atoms with Crippen LogP contribution in [0.5, 0.6) is 0 Å². The normalized spacial score (nSPS) is 15.7. The lowest BCUT2D eigenvalue weighted by Crippen LogP contribution is -2.32. The van der Waals surface area contributed by atoms with E-state index in [1.165, 1.54) is 16.9 Å². The van der Waals surface area contributed by atoms with E-state index in [2.05, 4.69) is 15.4 Å². The van der Waals surface area contributed by atoms with Crippen LogP contribution in [-0.2, 0) is 6.18 Å². The molecule has 2 aromatic rings. The minimum atomic E-state index is -4.43. The van der Waals surface area contributed by atoms with Gasteiger partial charge in [0.1, 0.15) is 0 Å². The minimum Gasteiger partial charge on any atom is -0.349 e. The quantitative estimate of drug-likeness (QED) is 0.934. The first kappa shape index (κ1) is 16.5. The second kappa shape index (κ2) is 6.26. The zero-order valence-corrected chi connectivity index (χ0v) is 13.1. The molecule has 5 nitrogen and oxygen atoms in total. The summed E-state index contributed by atoms with van der Waals surface area (Å²) in [6, 6.07) is 2.37. The van der Waals surface area contributed by atoms with Crippen LogP contribution in [0, 0.1) is 6.92 Å². The van der Waals surface area contributed by atoms with Crippen molar-refractivity contribution < 1.29 is 18.0 Å². The Kier molecular flexibility index (Phi) is 4.29. The molecule has 0 unspecified atom stereocenters. The molecule has 1 amide bonds. The third kappa shape index (κ3) is 3.27. The van der Waals surface area contributed by atoms with E-state index in [1.54, 1.807) is 6.92 Å². The maximum Gasteiger partial charge on any atom is 0.417 e. The van der Waals surface area contributed by atoms with E-state index >= 15 is 0 Å². The van der Waals surface area contributed by atoms with E-state index in [0.717, 1.165) is 37.9 Å². The fraction of sp³-hybridized carbons (Fsp3) is 0.438. The van der Waals surface area contributed by atoms with Crippen LogP contribution < -0.4 is 5.32 Å². The maximum absolute atomic E-state index is 12.6. The van der Waals surface area contributed by atoms with Crippen LogP contribution in [0.2, 0.25) is 0 Å². The largest absolute Gasteiger partial charge is 0.417 e. The highest BCUT2D eigenvalue weighted by Crippen LogP contribution is 2.28. The molecule has 1 saturated carbocycles. The minimum absolute atomic E-state index is 0.185. The van der Waals surface area contributed by atoms with Gasteiger partial charge in [-0.1, -0.05) is 12.8 Å². The van der Waals surface area contributed by atoms with E-state index < -0.39 is 11.7 Å². The molecule has 1 aliphatic carbocycles. The lowest BCUT2D eigenvalue weighted by molar-refractivity contribution is -0.137. The fourth-order valence-corrected chi connectivity index (χ4v) is 2.88. The lowest BCUT2D eigenvalue weighted by Gasteiger charge is -2.11. The van der Waals surface area contributed by atoms with E-state index in [1.807, 2.05) is 0 Å². The molecule has 2 heterocycles. The van der Waals surface area contributed by atoms with Crippen molar-refractivity contribution >= 4 is 5.91 Å². The molecule has 0 bridgehead atoms. The Hall–Kier alpha value is -2.38. The Labute approximate surface area is 136 Å². The molecule has 0 aliphatic heterocycles. The van der Waals surface area contributed by atoms with E-state index in [0.29, 0.717) is 11.3 Å². The summed E-state index contributed by atoms with van der Waals surface area (Å²) in [5.74, 6) is 0.0259. The topological polar surface area (TPSA) is 59.8 Å². The lowest BCUT2D eigenvalue weighted by atomic mass is 10.2. The molecule has 1 N–H and O–H groups in total. The monoisotopic (exact) mass is 338 g/mol. The summed E-state index contributed by atoms with van der Waals surface area (Å²) < 4.78 is 39.1. The van der Waals surface area contributed by atoms with Gasteiger partial charge in [0.15, 0.2) is 5.82 Å². The molecular formula is C16H17F3N4O. The number of hydrogen-bond acceptors (Lipinski definition) is 3. The third-order valence-corrected chi connectivity index (χ3v) is 4.24. The number of aromatic nitrogens is 3. The zero-order chi connectivity index (χ0) is 17.3. The number of hydrogen-bond donors (Lipinski definition) is 1. The van der Waals surface area contributed by atoms with Crippen molar-refractivity contribution in [3.8, 4) is 5.82 Å². The molecule has 0 aromatic carbocycles. The fourth-order valence-electron chi connectivity index (χ4n) is 2.88. The number of alkyl halides is 3. The summed E-state index contributed by atoms with van der Waals surface area (Å²) in [6.07, 6.45) is 1.90. The number of nitrogens with one attached hydrogen (secondary N) is 1. The first-order valence-electron chi connectivity index (χ1n) is 7.75. The van der Waals surface area contributed by atoms with Crippen LogP contribution >= 0.6 is 0 Å². The Balaban J connectivity index is 1.80. The van der Waals surface area contributed by atoms with Crippen molar-refractivity contribution in [2.24, 2.45) is 0 Å². The number of nitrogens with zero attached hydrogens (tertiary/aromatic N) is 3. The number of halogens is 3. The molecule has 24 heavy (non-hydrogen) atoms. The Morgan fingerprint density at radius 3 is 2.54 bits per heavy atom. The van der Waals surface area contributed by atoms with Crippen LogP contribution in [-0.4, -0.2) is 26.7 Å². The highest BCUT2D eigenvalue weighted by Gasteiger charge is 2.31. The highest BCUT2D eigenvalue weighted by atomic mass is 19.4. The number of carbonyl (C=O) groups is 1. The molecule has 3 rings (SSSR count). The second-order valence-electron chi connectivity index (χ2n) is 5.91. The molecule has 1 aliphatic rings. The van der Waals surface area contributed by atoms with Crippen LogP contribution in [0.3, 0.4) is 0 Å². The van der Waals surface area contributed by atoms with E-state index in [9.17, 15) is 18.0 Å². The Morgan fingerprint density at radius 2 is 1.96 bits per heavy atom. The standard InChI is InChI=1S/C16H17F3N4O/c1-10-13(15(24)22-12-4-2-3-5-12)9-21-23(10)14-7-6-11(8-20-14)16(17,18)19/h6-9,12H,2-5H2,1H3,(H,22,24). The van der Waals surface area contributed by atoms with Crippen molar-refractivity contribution in [3.05, 3.63) is 41.3 Å². The van der Waals surface area contributed by atoms with Gasteiger partial charge in [-0.25, -0.2) is 9.67 Å². The molecule has 0 radical (unpaired) electrons. The van der Waals surface area contributed by atoms with Gasteiger partial charge >= 0.3 is 6.18 Å². The SMILES string of the molecule is Cc1c(C(=O)NC2CCCC2)cnn1-c1ccc(C(F)(F)F)cn1. The van der Waals surface area contributed by atoms with Crippen molar-refractivity contribution in [3.63, 3.8) is 0 Å². The summed E-state index contributed by atoms with van der Waals surface area (Å²) in [4.78, 5) is 16.1. The predicted molar refractivity (Wildman–Crippen MR) is 80.8 cm³/mol. The molecular weight excluding hydrogens is 321 g/mol. The van der Waals surface area contributed by atoms with Crippen LogP contribution in [0.4, 0.5) is 13.2 Å². The molecule has 128 valence electrons. The molecule has 0 spiro atoms. The zero-order valence-electron chi connectivity index (χ0n) is 13.1. The molecule has 2 aromatic heterocycles. The van der Waals surface area contributed by atoms with Crippen molar-refractivity contribution in [1.29, 1.82) is 0 Å². The number of amides is 1. The van der Waals surface area contributed by atoms with Crippen molar-refractivity contribution in [2.45, 2.75) is 44.8 Å². The summed E-state index contributed by atoms with van der Waals surface area (Å²) in [7, 11) is 0. The van der Waals surface area contributed by atoms with Gasteiger partial charge in [0.25, 0.3) is 5.91 Å². The summed E-state index contributed by atoms with van der Waals surface area (Å²) in [5.41, 5.74) is 0.122. The van der Waals surface area contributed by atoms with Gasteiger partial charge in [-0.2, -0.15) is 18.3 Å². The summed E-state index contributed by atoms with van der Waals surface area (Å²) in [6.45, 7) is 1.69. The van der Waals surface area contributed by atoms with Crippen LogP contribution in [0.25, 0.3) is 5.82 Å². The molecule has 1 fully saturated rings. The number of rotatable bonds is 3.